The summed E-state index contributed by atoms with van der Waals surface area (Å²) in [5.41, 5.74) is 5.41. The Morgan fingerprint density at radius 1 is 1.22 bits per heavy atom. The predicted octanol–water partition coefficient (Wildman–Crippen LogP) is 4.49. The SMILES string of the molecule is C=CCN1C(C)=C(C(=O)OC)c2cc(C)ccc2C1C#Cc1ccccc1. The summed E-state index contributed by atoms with van der Waals surface area (Å²) in [5, 5.41) is 0. The number of esters is 1. The van der Waals surface area contributed by atoms with Gasteiger partial charge in [-0.15, -0.1) is 6.58 Å². The standard InChI is InChI=1S/C24H23NO2/c1-5-15-25-18(3)23(24(26)27-4)21-16-17(2)11-13-20(21)22(25)14-12-19-9-7-6-8-10-19/h5-11,13,16,22H,1,15H2,2-4H3. The van der Waals surface area contributed by atoms with Crippen LogP contribution in [0.1, 0.15) is 35.2 Å². The van der Waals surface area contributed by atoms with Gasteiger partial charge in [0.15, 0.2) is 0 Å². The average Bonchev–Trinajstić information content (AvgIpc) is 2.68. The van der Waals surface area contributed by atoms with Crippen LogP contribution in [0.2, 0.25) is 0 Å². The summed E-state index contributed by atoms with van der Waals surface area (Å²) in [7, 11) is 1.41. The second-order valence-corrected chi connectivity index (χ2v) is 6.52. The summed E-state index contributed by atoms with van der Waals surface area (Å²) in [6.07, 6.45) is 1.83. The fourth-order valence-electron chi connectivity index (χ4n) is 3.40. The molecule has 1 atom stereocenters. The molecule has 0 saturated carbocycles. The largest absolute Gasteiger partial charge is 0.465 e. The molecule has 3 heteroatoms. The van der Waals surface area contributed by atoms with Crippen molar-refractivity contribution < 1.29 is 9.53 Å². The van der Waals surface area contributed by atoms with Crippen molar-refractivity contribution in [3.8, 4) is 11.8 Å². The van der Waals surface area contributed by atoms with Gasteiger partial charge >= 0.3 is 5.97 Å². The number of carbonyl (C=O) groups excluding carboxylic acids is 1. The molecule has 2 aromatic rings. The van der Waals surface area contributed by atoms with Crippen molar-refractivity contribution >= 4 is 11.5 Å². The number of hydrogen-bond acceptors (Lipinski definition) is 3. The molecule has 1 unspecified atom stereocenters. The van der Waals surface area contributed by atoms with E-state index in [1.165, 1.54) is 7.11 Å². The molecule has 0 N–H and O–H groups in total. The number of nitrogens with zero attached hydrogens (tertiary/aromatic N) is 1. The molecule has 0 fully saturated rings. The number of carbonyl (C=O) groups is 1. The van der Waals surface area contributed by atoms with E-state index >= 15 is 0 Å². The van der Waals surface area contributed by atoms with Crippen LogP contribution in [-0.2, 0) is 9.53 Å². The highest BCUT2D eigenvalue weighted by Crippen LogP contribution is 2.39. The second-order valence-electron chi connectivity index (χ2n) is 6.52. The molecular formula is C24H23NO2. The fraction of sp³-hybridized carbons (Fsp3) is 0.208. The number of ether oxygens (including phenoxy) is 1. The molecule has 0 saturated heterocycles. The molecule has 0 radical (unpaired) electrons. The summed E-state index contributed by atoms with van der Waals surface area (Å²) in [6.45, 7) is 8.43. The van der Waals surface area contributed by atoms with E-state index in [0.717, 1.165) is 28.0 Å². The van der Waals surface area contributed by atoms with Gasteiger partial charge < -0.3 is 9.64 Å². The van der Waals surface area contributed by atoms with Crippen LogP contribution in [0, 0.1) is 18.8 Å². The van der Waals surface area contributed by atoms with Crippen LogP contribution in [0.25, 0.3) is 5.57 Å². The van der Waals surface area contributed by atoms with Crippen LogP contribution in [0.4, 0.5) is 0 Å². The summed E-state index contributed by atoms with van der Waals surface area (Å²) in [5.74, 6) is 6.34. The lowest BCUT2D eigenvalue weighted by atomic mass is 9.87. The molecule has 3 nitrogen and oxygen atoms in total. The predicted molar refractivity (Wildman–Crippen MR) is 109 cm³/mol. The van der Waals surface area contributed by atoms with Gasteiger partial charge in [0, 0.05) is 17.8 Å². The van der Waals surface area contributed by atoms with Crippen molar-refractivity contribution in [1.29, 1.82) is 0 Å². The van der Waals surface area contributed by atoms with Crippen molar-refractivity contribution in [3.05, 3.63) is 89.1 Å². The zero-order chi connectivity index (χ0) is 19.4. The zero-order valence-electron chi connectivity index (χ0n) is 16.0. The third-order valence-electron chi connectivity index (χ3n) is 4.72. The molecule has 0 aliphatic carbocycles. The molecule has 1 heterocycles. The Labute approximate surface area is 161 Å². The minimum Gasteiger partial charge on any atom is -0.465 e. The minimum atomic E-state index is -0.331. The number of benzene rings is 2. The maximum absolute atomic E-state index is 12.5. The van der Waals surface area contributed by atoms with E-state index < -0.39 is 0 Å². The number of rotatable bonds is 3. The van der Waals surface area contributed by atoms with E-state index in [2.05, 4.69) is 35.5 Å². The summed E-state index contributed by atoms with van der Waals surface area (Å²) in [6, 6.07) is 15.9. The van der Waals surface area contributed by atoms with Crippen LogP contribution in [0.15, 0.2) is 66.9 Å². The fourth-order valence-corrected chi connectivity index (χ4v) is 3.40. The Kier molecular flexibility index (Phi) is 5.47. The van der Waals surface area contributed by atoms with Crippen LogP contribution < -0.4 is 0 Å². The van der Waals surface area contributed by atoms with Gasteiger partial charge in [0.2, 0.25) is 0 Å². The van der Waals surface area contributed by atoms with Gasteiger partial charge in [0.1, 0.15) is 6.04 Å². The Morgan fingerprint density at radius 2 is 1.96 bits per heavy atom. The third kappa shape index (κ3) is 3.66. The summed E-state index contributed by atoms with van der Waals surface area (Å²) in [4.78, 5) is 14.6. The van der Waals surface area contributed by atoms with Gasteiger partial charge in [-0.2, -0.15) is 0 Å². The number of fused-ring (bicyclic) bond motifs is 1. The lowest BCUT2D eigenvalue weighted by molar-refractivity contribution is -0.133. The Balaban J connectivity index is 2.19. The first-order valence-corrected chi connectivity index (χ1v) is 8.91. The summed E-state index contributed by atoms with van der Waals surface area (Å²) >= 11 is 0. The first kappa shape index (κ1) is 18.5. The highest BCUT2D eigenvalue weighted by atomic mass is 16.5. The van der Waals surface area contributed by atoms with Crippen molar-refractivity contribution in [3.63, 3.8) is 0 Å². The second kappa shape index (κ2) is 7.97. The van der Waals surface area contributed by atoms with E-state index in [4.69, 9.17) is 4.74 Å². The molecule has 136 valence electrons. The molecule has 0 bridgehead atoms. The molecule has 0 aromatic heterocycles. The molecule has 0 amide bonds. The van der Waals surface area contributed by atoms with Gasteiger partial charge in [0.05, 0.1) is 12.7 Å². The van der Waals surface area contributed by atoms with Crippen LogP contribution in [0.3, 0.4) is 0 Å². The van der Waals surface area contributed by atoms with E-state index in [0.29, 0.717) is 12.1 Å². The molecular weight excluding hydrogens is 334 g/mol. The molecule has 1 aliphatic heterocycles. The quantitative estimate of drug-likeness (QED) is 0.460. The van der Waals surface area contributed by atoms with Crippen molar-refractivity contribution in [2.24, 2.45) is 0 Å². The van der Waals surface area contributed by atoms with Gasteiger partial charge in [-0.1, -0.05) is 59.9 Å². The Bertz CT molecular complexity index is 961. The highest BCUT2D eigenvalue weighted by Gasteiger charge is 2.33. The van der Waals surface area contributed by atoms with Crippen LogP contribution in [0.5, 0.6) is 0 Å². The minimum absolute atomic E-state index is 0.160. The third-order valence-corrected chi connectivity index (χ3v) is 4.72. The number of allylic oxidation sites excluding steroid dienone is 1. The van der Waals surface area contributed by atoms with Crippen molar-refractivity contribution in [1.82, 2.24) is 4.90 Å². The van der Waals surface area contributed by atoms with E-state index in [-0.39, 0.29) is 12.0 Å². The lowest BCUT2D eigenvalue weighted by Gasteiger charge is -2.37. The monoisotopic (exact) mass is 357 g/mol. The normalized spacial score (nSPS) is 15.5. The average molecular weight is 357 g/mol. The van der Waals surface area contributed by atoms with Crippen molar-refractivity contribution in [2.45, 2.75) is 19.9 Å². The van der Waals surface area contributed by atoms with E-state index in [9.17, 15) is 4.79 Å². The summed E-state index contributed by atoms with van der Waals surface area (Å²) < 4.78 is 5.06. The maximum atomic E-state index is 12.5. The van der Waals surface area contributed by atoms with Gasteiger partial charge in [-0.25, -0.2) is 4.79 Å². The van der Waals surface area contributed by atoms with Crippen LogP contribution >= 0.6 is 0 Å². The molecule has 0 spiro atoms. The molecule has 3 rings (SSSR count). The highest BCUT2D eigenvalue weighted by molar-refractivity contribution is 6.18. The van der Waals surface area contributed by atoms with Crippen molar-refractivity contribution in [2.75, 3.05) is 13.7 Å². The maximum Gasteiger partial charge on any atom is 0.340 e. The lowest BCUT2D eigenvalue weighted by Crippen LogP contribution is -2.33. The van der Waals surface area contributed by atoms with Gasteiger partial charge in [-0.3, -0.25) is 0 Å². The molecule has 27 heavy (non-hydrogen) atoms. The van der Waals surface area contributed by atoms with E-state index in [1.54, 1.807) is 0 Å². The molecule has 1 aliphatic rings. The van der Waals surface area contributed by atoms with Gasteiger partial charge in [-0.05, 0) is 37.1 Å². The smallest absolute Gasteiger partial charge is 0.340 e. The van der Waals surface area contributed by atoms with Gasteiger partial charge in [0.25, 0.3) is 0 Å². The first-order chi connectivity index (χ1) is 13.1. The van der Waals surface area contributed by atoms with E-state index in [1.807, 2.05) is 56.3 Å². The number of methoxy groups -OCH3 is 1. The Hall–Kier alpha value is -3.25. The number of aryl methyl sites for hydroxylation is 1. The topological polar surface area (TPSA) is 29.5 Å². The number of hydrogen-bond donors (Lipinski definition) is 0. The molecule has 2 aromatic carbocycles. The van der Waals surface area contributed by atoms with Crippen LogP contribution in [-0.4, -0.2) is 24.5 Å². The zero-order valence-corrected chi connectivity index (χ0v) is 16.0. The first-order valence-electron chi connectivity index (χ1n) is 8.91. The Morgan fingerprint density at radius 3 is 2.63 bits per heavy atom.